The SMILES string of the molecule is CC(C)(C)c1cc2c([c-]c1-c1ccccc1)Cc1cc(-c3ccccc3)c(C(C)(C)C)cc1-2.[C-]1=CC=CC1.[CH2]=[Zr].[c-]1cccc2ccccc12. The molecule has 0 nitrogen and oxygen atoms in total. The molecule has 0 atom stereocenters. The molecule has 6 aromatic rings. The Morgan fingerprint density at radius 1 is 0.620 bits per heavy atom. The van der Waals surface area contributed by atoms with E-state index in [9.17, 15) is 0 Å². The second-order valence-corrected chi connectivity index (χ2v) is 14.7. The zero-order chi connectivity index (χ0) is 35.7. The first-order chi connectivity index (χ1) is 24.1. The van der Waals surface area contributed by atoms with Gasteiger partial charge in [0, 0.05) is 0 Å². The van der Waals surface area contributed by atoms with E-state index >= 15 is 0 Å². The molecular formula is C49H47Zr-3. The predicted molar refractivity (Wildman–Crippen MR) is 213 cm³/mol. The Hall–Kier alpha value is -4.19. The molecule has 0 radical (unpaired) electrons. The van der Waals surface area contributed by atoms with Gasteiger partial charge in [0.05, 0.1) is 0 Å². The third-order valence-corrected chi connectivity index (χ3v) is 8.98. The topological polar surface area (TPSA) is 0 Å². The molecule has 0 saturated carbocycles. The van der Waals surface area contributed by atoms with Crippen molar-refractivity contribution in [3.05, 3.63) is 180 Å². The Kier molecular flexibility index (Phi) is 12.4. The molecule has 0 spiro atoms. The maximum Gasteiger partial charge on any atom is -0.0801 e. The van der Waals surface area contributed by atoms with Gasteiger partial charge in [-0.3, -0.25) is 6.08 Å². The Morgan fingerprint density at radius 3 is 1.80 bits per heavy atom. The summed E-state index contributed by atoms with van der Waals surface area (Å²) in [5.74, 6) is 0. The summed E-state index contributed by atoms with van der Waals surface area (Å²) in [5, 5.41) is 2.44. The summed E-state index contributed by atoms with van der Waals surface area (Å²) in [6.45, 7) is 13.9. The van der Waals surface area contributed by atoms with E-state index in [2.05, 4.69) is 167 Å². The van der Waals surface area contributed by atoms with Gasteiger partial charge in [-0.1, -0.05) is 143 Å². The Labute approximate surface area is 316 Å². The standard InChI is InChI=1S/C33H33.C10H7.C5H5.CH2.Zr/c1-32(2,3)30-20-26-24(18-28(30)22-13-9-7-10-14-22)17-25-19-29(23-15-11-8-12-16-23)31(21-27(25)26)33(4,5)6;1-2-6-10-8-4-3-7-9(10)5-1;1-2-4-5-3-1;;/h7-16,18,20-21H,17H2,1-6H3;1-7H;1-3H,4H2;1H2;/q3*-1;;. The van der Waals surface area contributed by atoms with Crippen LogP contribution in [0, 0.1) is 18.2 Å². The van der Waals surface area contributed by atoms with E-state index in [0.29, 0.717) is 0 Å². The van der Waals surface area contributed by atoms with Gasteiger partial charge in [0.2, 0.25) is 0 Å². The van der Waals surface area contributed by atoms with Crippen LogP contribution in [0.1, 0.15) is 70.2 Å². The fourth-order valence-corrected chi connectivity index (χ4v) is 6.51. The minimum atomic E-state index is 0.0380. The van der Waals surface area contributed by atoms with Crippen LogP contribution in [-0.4, -0.2) is 4.21 Å². The van der Waals surface area contributed by atoms with Gasteiger partial charge in [-0.25, -0.2) is 12.2 Å². The minimum Gasteiger partial charge on any atom is -0.147 e. The first kappa shape index (κ1) is 37.1. The normalized spacial score (nSPS) is 12.4. The first-order valence-electron chi connectivity index (χ1n) is 17.4. The Balaban J connectivity index is 0.000000233. The number of allylic oxidation sites excluding steroid dienone is 4. The second-order valence-electron chi connectivity index (χ2n) is 14.7. The summed E-state index contributed by atoms with van der Waals surface area (Å²) in [5.41, 5.74) is 13.5. The molecular weight excluding hydrogens is 680 g/mol. The van der Waals surface area contributed by atoms with Crippen LogP contribution in [0.25, 0.3) is 44.2 Å². The van der Waals surface area contributed by atoms with E-state index in [1.165, 1.54) is 90.6 Å². The molecule has 0 aromatic heterocycles. The van der Waals surface area contributed by atoms with Gasteiger partial charge in [-0.05, 0) is 39.5 Å². The Bertz CT molecular complexity index is 1900. The van der Waals surface area contributed by atoms with Gasteiger partial charge in [0.25, 0.3) is 0 Å². The molecule has 0 saturated heterocycles. The summed E-state index contributed by atoms with van der Waals surface area (Å²) in [6, 6.07) is 50.2. The smallest absolute Gasteiger partial charge is 0.0801 e. The molecule has 2 aliphatic rings. The van der Waals surface area contributed by atoms with Crippen LogP contribution in [0.15, 0.2) is 140 Å². The summed E-state index contributed by atoms with van der Waals surface area (Å²) in [4.78, 5) is 0. The molecule has 0 amide bonds. The molecule has 1 heteroatoms. The van der Waals surface area contributed by atoms with Gasteiger partial charge in [0.15, 0.2) is 0 Å². The molecule has 2 aliphatic carbocycles. The van der Waals surface area contributed by atoms with Crippen LogP contribution in [0.2, 0.25) is 0 Å². The van der Waals surface area contributed by atoms with Crippen molar-refractivity contribution in [3.8, 4) is 33.4 Å². The molecule has 50 heavy (non-hydrogen) atoms. The number of fused-ring (bicyclic) bond motifs is 4. The van der Waals surface area contributed by atoms with Crippen molar-refractivity contribution in [1.82, 2.24) is 0 Å². The van der Waals surface area contributed by atoms with Crippen molar-refractivity contribution in [2.75, 3.05) is 0 Å². The van der Waals surface area contributed by atoms with E-state index in [1.54, 1.807) is 0 Å². The van der Waals surface area contributed by atoms with Gasteiger partial charge in [-0.2, -0.15) is 6.08 Å². The van der Waals surface area contributed by atoms with Gasteiger partial charge < -0.3 is 0 Å². The van der Waals surface area contributed by atoms with Crippen molar-refractivity contribution in [3.63, 3.8) is 0 Å². The summed E-state index contributed by atoms with van der Waals surface area (Å²) in [7, 11) is 0. The third-order valence-electron chi connectivity index (χ3n) is 8.98. The zero-order valence-corrected chi connectivity index (χ0v) is 32.9. The zero-order valence-electron chi connectivity index (χ0n) is 30.4. The fraction of sp³-hybridized carbons (Fsp3) is 0.204. The van der Waals surface area contributed by atoms with E-state index in [-0.39, 0.29) is 10.8 Å². The third kappa shape index (κ3) is 8.93. The van der Waals surface area contributed by atoms with E-state index in [4.69, 9.17) is 0 Å². The summed E-state index contributed by atoms with van der Waals surface area (Å²) >= 11 is 1.30. The van der Waals surface area contributed by atoms with Crippen molar-refractivity contribution in [2.45, 2.75) is 65.2 Å². The van der Waals surface area contributed by atoms with Gasteiger partial charge >= 0.3 is 28.4 Å². The minimum absolute atomic E-state index is 0.0380. The van der Waals surface area contributed by atoms with Crippen LogP contribution in [0.5, 0.6) is 0 Å². The number of benzene rings is 6. The maximum atomic E-state index is 3.88. The Morgan fingerprint density at radius 2 is 1.22 bits per heavy atom. The predicted octanol–water partition coefficient (Wildman–Crippen LogP) is 12.9. The second kappa shape index (κ2) is 16.7. The van der Waals surface area contributed by atoms with Crippen LogP contribution < -0.4 is 0 Å². The molecule has 0 fully saturated rings. The van der Waals surface area contributed by atoms with E-state index in [0.717, 1.165) is 12.8 Å². The fourth-order valence-electron chi connectivity index (χ4n) is 6.51. The van der Waals surface area contributed by atoms with Crippen molar-refractivity contribution >= 4 is 15.0 Å². The monoisotopic (exact) mass is 725 g/mol. The molecule has 0 aliphatic heterocycles. The molecule has 8 rings (SSSR count). The van der Waals surface area contributed by atoms with Gasteiger partial charge in [-0.15, -0.1) is 82.4 Å². The summed E-state index contributed by atoms with van der Waals surface area (Å²) in [6.07, 6.45) is 10.9. The maximum absolute atomic E-state index is 3.88. The van der Waals surface area contributed by atoms with Crippen molar-refractivity contribution in [1.29, 1.82) is 0 Å². The first-order valence-corrected chi connectivity index (χ1v) is 19.1. The van der Waals surface area contributed by atoms with Crippen molar-refractivity contribution in [2.24, 2.45) is 0 Å². The van der Waals surface area contributed by atoms with Crippen LogP contribution >= 0.6 is 0 Å². The molecule has 0 bridgehead atoms. The molecule has 0 unspecified atom stereocenters. The number of hydrogen-bond donors (Lipinski definition) is 0. The quantitative estimate of drug-likeness (QED) is 0.156. The largest absolute Gasteiger partial charge is 0.147 e. The summed E-state index contributed by atoms with van der Waals surface area (Å²) < 4.78 is 3.34. The van der Waals surface area contributed by atoms with Gasteiger partial charge in [0.1, 0.15) is 0 Å². The number of hydrogen-bond acceptors (Lipinski definition) is 0. The van der Waals surface area contributed by atoms with Crippen LogP contribution in [0.3, 0.4) is 0 Å². The van der Waals surface area contributed by atoms with Crippen LogP contribution in [-0.2, 0) is 41.5 Å². The van der Waals surface area contributed by atoms with Crippen LogP contribution in [0.4, 0.5) is 0 Å². The molecule has 250 valence electrons. The number of rotatable bonds is 2. The average molecular weight is 727 g/mol. The molecule has 6 aromatic carbocycles. The van der Waals surface area contributed by atoms with Crippen molar-refractivity contribution < 1.29 is 24.2 Å². The van der Waals surface area contributed by atoms with E-state index in [1.807, 2.05) is 36.4 Å². The average Bonchev–Trinajstić information content (AvgIpc) is 3.84. The molecule has 0 N–H and O–H groups in total. The van der Waals surface area contributed by atoms with E-state index < -0.39 is 0 Å². The molecule has 0 heterocycles.